The van der Waals surface area contributed by atoms with Crippen molar-refractivity contribution in [2.75, 3.05) is 0 Å². The summed E-state index contributed by atoms with van der Waals surface area (Å²) in [7, 11) is 0. The van der Waals surface area contributed by atoms with E-state index in [1.807, 2.05) is 41.9 Å². The Labute approximate surface area is 100 Å². The lowest BCUT2D eigenvalue weighted by atomic mass is 10.1. The van der Waals surface area contributed by atoms with Gasteiger partial charge in [0.05, 0.1) is 22.6 Å². The molecule has 0 spiro atoms. The van der Waals surface area contributed by atoms with Crippen LogP contribution < -0.4 is 0 Å². The van der Waals surface area contributed by atoms with E-state index in [0.717, 1.165) is 35.5 Å². The van der Waals surface area contributed by atoms with E-state index in [9.17, 15) is 4.79 Å². The first-order chi connectivity index (χ1) is 8.31. The zero-order valence-electron chi connectivity index (χ0n) is 9.81. The Balaban J connectivity index is 2.20. The summed E-state index contributed by atoms with van der Waals surface area (Å²) in [6.07, 6.45) is 2.26. The lowest BCUT2D eigenvalue weighted by molar-refractivity contribution is 0.0993. The van der Waals surface area contributed by atoms with E-state index in [1.54, 1.807) is 0 Å². The number of benzene rings is 1. The number of carbonyl (C=O) groups excluding carboxylic acids is 1. The summed E-state index contributed by atoms with van der Waals surface area (Å²) < 4.78 is 1.93. The zero-order valence-corrected chi connectivity index (χ0v) is 9.81. The van der Waals surface area contributed by atoms with Gasteiger partial charge in [-0.3, -0.25) is 4.79 Å². The Morgan fingerprint density at radius 3 is 2.71 bits per heavy atom. The fraction of sp³-hybridized carbons (Fsp3) is 0.286. The SMILES string of the molecule is CCc1nn(-c2ccccc2)c2c1C(=O)CC2. The first-order valence-corrected chi connectivity index (χ1v) is 6.00. The van der Waals surface area contributed by atoms with Gasteiger partial charge in [0.2, 0.25) is 0 Å². The lowest BCUT2D eigenvalue weighted by Crippen LogP contribution is -2.01. The van der Waals surface area contributed by atoms with Crippen LogP contribution in [0.2, 0.25) is 0 Å². The summed E-state index contributed by atoms with van der Waals surface area (Å²) in [5, 5.41) is 4.57. The second-order valence-electron chi connectivity index (χ2n) is 4.29. The molecule has 0 bridgehead atoms. The summed E-state index contributed by atoms with van der Waals surface area (Å²) in [4.78, 5) is 11.8. The van der Waals surface area contributed by atoms with E-state index in [0.29, 0.717) is 6.42 Å². The molecule has 1 heterocycles. The standard InChI is InChI=1S/C14H14N2O/c1-2-11-14-12(8-9-13(14)17)16(15-11)10-6-4-3-5-7-10/h3-7H,2,8-9H2,1H3. The Kier molecular flexibility index (Phi) is 2.32. The van der Waals surface area contributed by atoms with Crippen molar-refractivity contribution in [3.8, 4) is 5.69 Å². The molecule has 0 saturated carbocycles. The van der Waals surface area contributed by atoms with E-state index < -0.39 is 0 Å². The molecule has 1 aromatic carbocycles. The summed E-state index contributed by atoms with van der Waals surface area (Å²) in [6.45, 7) is 2.05. The predicted molar refractivity (Wildman–Crippen MR) is 65.6 cm³/mol. The van der Waals surface area contributed by atoms with Crippen LogP contribution in [0, 0.1) is 0 Å². The van der Waals surface area contributed by atoms with Crippen LogP contribution in [-0.2, 0) is 12.8 Å². The van der Waals surface area contributed by atoms with Gasteiger partial charge in [-0.15, -0.1) is 0 Å². The summed E-state index contributed by atoms with van der Waals surface area (Å²) >= 11 is 0. The number of rotatable bonds is 2. The highest BCUT2D eigenvalue weighted by Gasteiger charge is 2.28. The fourth-order valence-corrected chi connectivity index (χ4v) is 2.44. The van der Waals surface area contributed by atoms with Crippen LogP contribution in [0.4, 0.5) is 0 Å². The molecule has 1 aromatic heterocycles. The molecule has 0 fully saturated rings. The lowest BCUT2D eigenvalue weighted by Gasteiger charge is -2.04. The van der Waals surface area contributed by atoms with Gasteiger partial charge in [0.1, 0.15) is 0 Å². The third kappa shape index (κ3) is 1.50. The molecule has 1 aliphatic rings. The zero-order chi connectivity index (χ0) is 11.8. The van der Waals surface area contributed by atoms with Crippen LogP contribution >= 0.6 is 0 Å². The second-order valence-corrected chi connectivity index (χ2v) is 4.29. The van der Waals surface area contributed by atoms with Crippen LogP contribution in [0.5, 0.6) is 0 Å². The van der Waals surface area contributed by atoms with Crippen LogP contribution in [0.1, 0.15) is 35.1 Å². The van der Waals surface area contributed by atoms with E-state index in [4.69, 9.17) is 0 Å². The molecule has 1 aliphatic carbocycles. The molecule has 86 valence electrons. The predicted octanol–water partition coefficient (Wildman–Crippen LogP) is 2.56. The van der Waals surface area contributed by atoms with Gasteiger partial charge in [-0.25, -0.2) is 4.68 Å². The minimum atomic E-state index is 0.249. The first kappa shape index (κ1) is 10.3. The monoisotopic (exact) mass is 226 g/mol. The van der Waals surface area contributed by atoms with Gasteiger partial charge in [-0.05, 0) is 25.0 Å². The van der Waals surface area contributed by atoms with Crippen molar-refractivity contribution in [2.24, 2.45) is 0 Å². The molecule has 0 aliphatic heterocycles. The summed E-state index contributed by atoms with van der Waals surface area (Å²) in [6, 6.07) is 10.0. The summed E-state index contributed by atoms with van der Waals surface area (Å²) in [5.74, 6) is 0.249. The van der Waals surface area contributed by atoms with Gasteiger partial charge in [-0.2, -0.15) is 5.10 Å². The topological polar surface area (TPSA) is 34.9 Å². The van der Waals surface area contributed by atoms with Crippen LogP contribution in [-0.4, -0.2) is 15.6 Å². The average molecular weight is 226 g/mol. The third-order valence-electron chi connectivity index (χ3n) is 3.26. The molecule has 3 heteroatoms. The van der Waals surface area contributed by atoms with Gasteiger partial charge >= 0.3 is 0 Å². The maximum Gasteiger partial charge on any atom is 0.167 e. The van der Waals surface area contributed by atoms with Crippen molar-refractivity contribution in [1.82, 2.24) is 9.78 Å². The number of Topliss-reactive ketones (excluding diaryl/α,β-unsaturated/α-hetero) is 1. The highest BCUT2D eigenvalue weighted by atomic mass is 16.1. The van der Waals surface area contributed by atoms with Gasteiger partial charge in [0, 0.05) is 6.42 Å². The van der Waals surface area contributed by atoms with Gasteiger partial charge in [0.15, 0.2) is 5.78 Å². The second kappa shape index (κ2) is 3.84. The average Bonchev–Trinajstić information content (AvgIpc) is 2.92. The molecule has 17 heavy (non-hydrogen) atoms. The van der Waals surface area contributed by atoms with Crippen molar-refractivity contribution in [3.05, 3.63) is 47.3 Å². The van der Waals surface area contributed by atoms with Gasteiger partial charge < -0.3 is 0 Å². The van der Waals surface area contributed by atoms with Crippen LogP contribution in [0.15, 0.2) is 30.3 Å². The number of carbonyl (C=O) groups is 1. The highest BCUT2D eigenvalue weighted by molar-refractivity contribution is 6.01. The number of ketones is 1. The molecule has 2 aromatic rings. The van der Waals surface area contributed by atoms with E-state index in [1.165, 1.54) is 0 Å². The smallest absolute Gasteiger partial charge is 0.167 e. The minimum Gasteiger partial charge on any atom is -0.294 e. The van der Waals surface area contributed by atoms with Crippen molar-refractivity contribution in [3.63, 3.8) is 0 Å². The van der Waals surface area contributed by atoms with Crippen molar-refractivity contribution in [2.45, 2.75) is 26.2 Å². The molecule has 0 N–H and O–H groups in total. The molecule has 0 radical (unpaired) electrons. The highest BCUT2D eigenvalue weighted by Crippen LogP contribution is 2.27. The van der Waals surface area contributed by atoms with Crippen molar-refractivity contribution < 1.29 is 4.79 Å². The molecule has 3 nitrogen and oxygen atoms in total. The van der Waals surface area contributed by atoms with Crippen LogP contribution in [0.25, 0.3) is 5.69 Å². The van der Waals surface area contributed by atoms with E-state index in [-0.39, 0.29) is 5.78 Å². The van der Waals surface area contributed by atoms with Crippen molar-refractivity contribution in [1.29, 1.82) is 0 Å². The van der Waals surface area contributed by atoms with E-state index in [2.05, 4.69) is 5.10 Å². The molecule has 3 rings (SSSR count). The van der Waals surface area contributed by atoms with Gasteiger partial charge in [0.25, 0.3) is 0 Å². The molecular weight excluding hydrogens is 212 g/mol. The number of hydrogen-bond donors (Lipinski definition) is 0. The largest absolute Gasteiger partial charge is 0.294 e. The number of para-hydroxylation sites is 1. The van der Waals surface area contributed by atoms with E-state index >= 15 is 0 Å². The normalized spacial score (nSPS) is 14.1. The number of aromatic nitrogens is 2. The molecule has 0 saturated heterocycles. The van der Waals surface area contributed by atoms with Crippen molar-refractivity contribution >= 4 is 5.78 Å². The Bertz CT molecular complexity index is 569. The van der Waals surface area contributed by atoms with Gasteiger partial charge in [-0.1, -0.05) is 25.1 Å². The van der Waals surface area contributed by atoms with Crippen LogP contribution in [0.3, 0.4) is 0 Å². The quantitative estimate of drug-likeness (QED) is 0.788. The molecular formula is C14H14N2O. The Hall–Kier alpha value is -1.90. The number of aryl methyl sites for hydroxylation is 1. The molecule has 0 amide bonds. The maximum atomic E-state index is 11.8. The number of nitrogens with zero attached hydrogens (tertiary/aromatic N) is 2. The minimum absolute atomic E-state index is 0.249. The Morgan fingerprint density at radius 2 is 2.00 bits per heavy atom. The molecule has 0 atom stereocenters. The third-order valence-corrected chi connectivity index (χ3v) is 3.26. The molecule has 0 unspecified atom stereocenters. The number of hydrogen-bond acceptors (Lipinski definition) is 2. The number of fused-ring (bicyclic) bond motifs is 1. The first-order valence-electron chi connectivity index (χ1n) is 6.00. The summed E-state index contributed by atoms with van der Waals surface area (Å²) in [5.41, 5.74) is 3.93. The Morgan fingerprint density at radius 1 is 1.24 bits per heavy atom. The fourth-order valence-electron chi connectivity index (χ4n) is 2.44. The maximum absolute atomic E-state index is 11.8.